The lowest BCUT2D eigenvalue weighted by atomic mass is 10.2. The molecule has 0 fully saturated rings. The molecule has 1 amide bonds. The van der Waals surface area contributed by atoms with Gasteiger partial charge in [-0.3, -0.25) is 4.79 Å². The zero-order valence-electron chi connectivity index (χ0n) is 11.4. The van der Waals surface area contributed by atoms with E-state index >= 15 is 0 Å². The van der Waals surface area contributed by atoms with Crippen LogP contribution in [0, 0.1) is 0 Å². The fourth-order valence-electron chi connectivity index (χ4n) is 1.64. The van der Waals surface area contributed by atoms with E-state index in [-0.39, 0.29) is 5.91 Å². The maximum atomic E-state index is 11.8. The van der Waals surface area contributed by atoms with Crippen molar-refractivity contribution < 1.29 is 9.53 Å². The van der Waals surface area contributed by atoms with Gasteiger partial charge in [-0.1, -0.05) is 19.1 Å². The van der Waals surface area contributed by atoms with Crippen molar-refractivity contribution in [1.29, 1.82) is 0 Å². The van der Waals surface area contributed by atoms with E-state index in [2.05, 4.69) is 12.2 Å². The lowest BCUT2D eigenvalue weighted by molar-refractivity contribution is -0.129. The summed E-state index contributed by atoms with van der Waals surface area (Å²) in [5.41, 5.74) is 1.07. The van der Waals surface area contributed by atoms with Crippen LogP contribution < -0.4 is 10.1 Å². The number of amides is 1. The number of hydrogen-bond acceptors (Lipinski definition) is 3. The second kappa shape index (κ2) is 7.71. The normalized spacial score (nSPS) is 10.2. The van der Waals surface area contributed by atoms with E-state index in [0.717, 1.165) is 24.3 Å². The number of hydrogen-bond donors (Lipinski definition) is 1. The quantitative estimate of drug-likeness (QED) is 0.748. The number of rotatable bonds is 7. The van der Waals surface area contributed by atoms with E-state index in [9.17, 15) is 4.79 Å². The number of nitrogens with zero attached hydrogens (tertiary/aromatic N) is 1. The number of likely N-dealkylation sites (N-methyl/N-ethyl adjacent to an activating group) is 1. The van der Waals surface area contributed by atoms with E-state index in [0.29, 0.717) is 13.1 Å². The van der Waals surface area contributed by atoms with Gasteiger partial charge in [0.05, 0.1) is 13.7 Å². The first-order chi connectivity index (χ1) is 8.67. The summed E-state index contributed by atoms with van der Waals surface area (Å²) in [5.74, 6) is 0.920. The lowest BCUT2D eigenvalue weighted by Gasteiger charge is -2.18. The molecule has 0 atom stereocenters. The van der Waals surface area contributed by atoms with Gasteiger partial charge in [0.2, 0.25) is 5.91 Å². The summed E-state index contributed by atoms with van der Waals surface area (Å²) < 4.78 is 5.16. The van der Waals surface area contributed by atoms with Crippen molar-refractivity contribution in [3.05, 3.63) is 29.8 Å². The molecule has 0 saturated carbocycles. The molecule has 0 radical (unpaired) electrons. The second-order valence-electron chi connectivity index (χ2n) is 4.28. The zero-order valence-corrected chi connectivity index (χ0v) is 11.4. The van der Waals surface area contributed by atoms with Crippen LogP contribution in [0.25, 0.3) is 0 Å². The standard InChI is InChI=1S/C14H22N2O2/c1-4-8-15-10-14(17)16(2)11-12-6-5-7-13(9-12)18-3/h5-7,9,15H,4,8,10-11H2,1-3H3. The van der Waals surface area contributed by atoms with Crippen LogP contribution in [0.1, 0.15) is 18.9 Å². The van der Waals surface area contributed by atoms with Gasteiger partial charge in [0.15, 0.2) is 0 Å². The Morgan fingerprint density at radius 3 is 2.89 bits per heavy atom. The van der Waals surface area contributed by atoms with Crippen LogP contribution in [-0.2, 0) is 11.3 Å². The van der Waals surface area contributed by atoms with Crippen LogP contribution in [0.3, 0.4) is 0 Å². The summed E-state index contributed by atoms with van der Waals surface area (Å²) in [6.07, 6.45) is 1.03. The third kappa shape index (κ3) is 4.75. The average Bonchev–Trinajstić information content (AvgIpc) is 2.39. The Balaban J connectivity index is 2.47. The molecule has 0 heterocycles. The SMILES string of the molecule is CCCNCC(=O)N(C)Cc1cccc(OC)c1. The molecule has 18 heavy (non-hydrogen) atoms. The van der Waals surface area contributed by atoms with Gasteiger partial charge in [-0.05, 0) is 30.7 Å². The van der Waals surface area contributed by atoms with Gasteiger partial charge in [-0.15, -0.1) is 0 Å². The summed E-state index contributed by atoms with van der Waals surface area (Å²) in [6, 6.07) is 7.77. The molecule has 1 rings (SSSR count). The molecule has 0 spiro atoms. The Kier molecular flexibility index (Phi) is 6.22. The van der Waals surface area contributed by atoms with Crippen molar-refractivity contribution in [1.82, 2.24) is 10.2 Å². The summed E-state index contributed by atoms with van der Waals surface area (Å²) in [7, 11) is 3.46. The van der Waals surface area contributed by atoms with Crippen molar-refractivity contribution in [2.75, 3.05) is 27.2 Å². The first-order valence-corrected chi connectivity index (χ1v) is 6.25. The van der Waals surface area contributed by atoms with Gasteiger partial charge in [0, 0.05) is 13.6 Å². The molecule has 0 bridgehead atoms. The van der Waals surface area contributed by atoms with Crippen LogP contribution in [0.2, 0.25) is 0 Å². The third-order valence-corrected chi connectivity index (χ3v) is 2.68. The molecule has 100 valence electrons. The fraction of sp³-hybridized carbons (Fsp3) is 0.500. The highest BCUT2D eigenvalue weighted by atomic mass is 16.5. The molecular weight excluding hydrogens is 228 g/mol. The fourth-order valence-corrected chi connectivity index (χ4v) is 1.64. The highest BCUT2D eigenvalue weighted by Gasteiger charge is 2.08. The first kappa shape index (κ1) is 14.5. The molecule has 0 aliphatic carbocycles. The zero-order chi connectivity index (χ0) is 13.4. The second-order valence-corrected chi connectivity index (χ2v) is 4.28. The summed E-state index contributed by atoms with van der Waals surface area (Å²) in [4.78, 5) is 13.5. The molecule has 1 aromatic rings. The first-order valence-electron chi connectivity index (χ1n) is 6.25. The van der Waals surface area contributed by atoms with Crippen LogP contribution in [0.4, 0.5) is 0 Å². The molecule has 1 N–H and O–H groups in total. The van der Waals surface area contributed by atoms with Gasteiger partial charge < -0.3 is 15.0 Å². The van der Waals surface area contributed by atoms with Gasteiger partial charge in [0.25, 0.3) is 0 Å². The highest BCUT2D eigenvalue weighted by molar-refractivity contribution is 5.77. The Morgan fingerprint density at radius 1 is 1.44 bits per heavy atom. The van der Waals surface area contributed by atoms with E-state index in [1.165, 1.54) is 0 Å². The monoisotopic (exact) mass is 250 g/mol. The molecular formula is C14H22N2O2. The van der Waals surface area contributed by atoms with E-state index in [4.69, 9.17) is 4.74 Å². The van der Waals surface area contributed by atoms with E-state index in [1.54, 1.807) is 12.0 Å². The molecule has 0 aromatic heterocycles. The van der Waals surface area contributed by atoms with Crippen molar-refractivity contribution >= 4 is 5.91 Å². The van der Waals surface area contributed by atoms with Crippen molar-refractivity contribution in [2.24, 2.45) is 0 Å². The minimum Gasteiger partial charge on any atom is -0.497 e. The van der Waals surface area contributed by atoms with Gasteiger partial charge in [-0.2, -0.15) is 0 Å². The van der Waals surface area contributed by atoms with Gasteiger partial charge >= 0.3 is 0 Å². The summed E-state index contributed by atoms with van der Waals surface area (Å²) in [5, 5.41) is 3.11. The minimum absolute atomic E-state index is 0.103. The third-order valence-electron chi connectivity index (χ3n) is 2.68. The Labute approximate surface area is 109 Å². The topological polar surface area (TPSA) is 41.6 Å². The number of carbonyl (C=O) groups is 1. The summed E-state index contributed by atoms with van der Waals surface area (Å²) >= 11 is 0. The average molecular weight is 250 g/mol. The molecule has 0 saturated heterocycles. The van der Waals surface area contributed by atoms with E-state index < -0.39 is 0 Å². The van der Waals surface area contributed by atoms with Gasteiger partial charge in [0.1, 0.15) is 5.75 Å². The number of benzene rings is 1. The van der Waals surface area contributed by atoms with Crippen molar-refractivity contribution in [2.45, 2.75) is 19.9 Å². The maximum Gasteiger partial charge on any atom is 0.236 e. The predicted molar refractivity (Wildman–Crippen MR) is 72.6 cm³/mol. The summed E-state index contributed by atoms with van der Waals surface area (Å²) in [6.45, 7) is 3.95. The van der Waals surface area contributed by atoms with E-state index in [1.807, 2.05) is 31.3 Å². The molecule has 4 heteroatoms. The van der Waals surface area contributed by atoms with Crippen molar-refractivity contribution in [3.63, 3.8) is 0 Å². The Morgan fingerprint density at radius 2 is 2.22 bits per heavy atom. The number of nitrogens with one attached hydrogen (secondary N) is 1. The van der Waals surface area contributed by atoms with Crippen LogP contribution >= 0.6 is 0 Å². The van der Waals surface area contributed by atoms with Crippen LogP contribution in [-0.4, -0.2) is 38.1 Å². The van der Waals surface area contributed by atoms with Gasteiger partial charge in [-0.25, -0.2) is 0 Å². The Bertz CT molecular complexity index is 380. The van der Waals surface area contributed by atoms with Crippen LogP contribution in [0.15, 0.2) is 24.3 Å². The maximum absolute atomic E-state index is 11.8. The molecule has 0 unspecified atom stereocenters. The molecule has 0 aliphatic heterocycles. The van der Waals surface area contributed by atoms with Crippen LogP contribution in [0.5, 0.6) is 5.75 Å². The smallest absolute Gasteiger partial charge is 0.236 e. The number of carbonyl (C=O) groups excluding carboxylic acids is 1. The van der Waals surface area contributed by atoms with Crippen molar-refractivity contribution in [3.8, 4) is 5.75 Å². The molecule has 0 aliphatic rings. The molecule has 4 nitrogen and oxygen atoms in total. The Hall–Kier alpha value is -1.55. The number of ether oxygens (including phenoxy) is 1. The molecule has 1 aromatic carbocycles. The lowest BCUT2D eigenvalue weighted by Crippen LogP contribution is -2.35. The minimum atomic E-state index is 0.103. The number of methoxy groups -OCH3 is 1. The largest absolute Gasteiger partial charge is 0.497 e. The highest BCUT2D eigenvalue weighted by Crippen LogP contribution is 2.13. The predicted octanol–water partition coefficient (Wildman–Crippen LogP) is 1.65.